The average Bonchev–Trinajstić information content (AvgIpc) is 2.33. The van der Waals surface area contributed by atoms with Crippen LogP contribution in [-0.2, 0) is 9.09 Å². The Kier molecular flexibility index (Phi) is 5.85. The second-order valence-corrected chi connectivity index (χ2v) is 3.38. The van der Waals surface area contributed by atoms with Crippen molar-refractivity contribution in [1.82, 2.24) is 5.32 Å². The third-order valence-electron chi connectivity index (χ3n) is 0.858. The number of hydrogen-bond donors (Lipinski definition) is 4. The van der Waals surface area contributed by atoms with Crippen molar-refractivity contribution in [3.8, 4) is 0 Å². The average molecular weight is 212 g/mol. The van der Waals surface area contributed by atoms with Crippen molar-refractivity contribution < 1.29 is 24.0 Å². The van der Waals surface area contributed by atoms with Crippen molar-refractivity contribution in [2.45, 2.75) is 13.2 Å². The molecule has 0 aromatic heterocycles. The van der Waals surface area contributed by atoms with Crippen molar-refractivity contribution in [3.05, 3.63) is 0 Å². The first kappa shape index (κ1) is 12.5. The fourth-order valence-electron chi connectivity index (χ4n) is 0.521. The molecule has 0 spiro atoms. The SMILES string of the molecule is C1=NCCN1.CC(O)OP(=O)(O)O. The highest BCUT2D eigenvalue weighted by Gasteiger charge is 2.16. The van der Waals surface area contributed by atoms with Crippen LogP contribution in [0, 0.1) is 0 Å². The van der Waals surface area contributed by atoms with Crippen LogP contribution in [0.1, 0.15) is 6.92 Å². The summed E-state index contributed by atoms with van der Waals surface area (Å²) in [4.78, 5) is 19.7. The van der Waals surface area contributed by atoms with Gasteiger partial charge in [-0.3, -0.25) is 9.52 Å². The van der Waals surface area contributed by atoms with Gasteiger partial charge in [0, 0.05) is 6.54 Å². The van der Waals surface area contributed by atoms with Crippen molar-refractivity contribution >= 4 is 14.2 Å². The van der Waals surface area contributed by atoms with E-state index in [-0.39, 0.29) is 0 Å². The van der Waals surface area contributed by atoms with Gasteiger partial charge in [-0.2, -0.15) is 0 Å². The van der Waals surface area contributed by atoms with Crippen LogP contribution in [0.2, 0.25) is 0 Å². The topological polar surface area (TPSA) is 111 Å². The normalized spacial score (nSPS) is 17.2. The zero-order chi connectivity index (χ0) is 10.3. The predicted molar refractivity (Wildman–Crippen MR) is 46.2 cm³/mol. The molecule has 0 aliphatic carbocycles. The summed E-state index contributed by atoms with van der Waals surface area (Å²) in [6.45, 7) is 3.10. The van der Waals surface area contributed by atoms with Crippen molar-refractivity contribution in [3.63, 3.8) is 0 Å². The van der Waals surface area contributed by atoms with E-state index in [0.717, 1.165) is 20.0 Å². The molecule has 1 aliphatic heterocycles. The van der Waals surface area contributed by atoms with Crippen LogP contribution in [0.3, 0.4) is 0 Å². The quantitative estimate of drug-likeness (QED) is 0.347. The van der Waals surface area contributed by atoms with Gasteiger partial charge in [-0.15, -0.1) is 0 Å². The lowest BCUT2D eigenvalue weighted by Crippen LogP contribution is -2.04. The maximum absolute atomic E-state index is 9.75. The lowest BCUT2D eigenvalue weighted by atomic mass is 10.7. The minimum absolute atomic E-state index is 0.958. The Morgan fingerprint density at radius 2 is 2.31 bits per heavy atom. The van der Waals surface area contributed by atoms with Gasteiger partial charge in [-0.25, -0.2) is 4.57 Å². The summed E-state index contributed by atoms with van der Waals surface area (Å²) in [6, 6.07) is 0. The van der Waals surface area contributed by atoms with Crippen LogP contribution in [-0.4, -0.2) is 40.6 Å². The number of rotatable bonds is 2. The molecule has 1 rings (SSSR count). The van der Waals surface area contributed by atoms with Crippen LogP contribution in [0.15, 0.2) is 4.99 Å². The van der Waals surface area contributed by atoms with Gasteiger partial charge in [0.2, 0.25) is 0 Å². The number of aliphatic hydroxyl groups excluding tert-OH is 1. The Morgan fingerprint density at radius 1 is 1.69 bits per heavy atom. The van der Waals surface area contributed by atoms with Gasteiger partial charge >= 0.3 is 7.82 Å². The number of nitrogens with one attached hydrogen (secondary N) is 1. The van der Waals surface area contributed by atoms with Gasteiger partial charge in [-0.05, 0) is 6.92 Å². The molecule has 8 heteroatoms. The summed E-state index contributed by atoms with van der Waals surface area (Å²) in [5.41, 5.74) is 0. The summed E-state index contributed by atoms with van der Waals surface area (Å²) in [5.74, 6) is 0. The number of hydrogen-bond acceptors (Lipinski definition) is 5. The molecule has 0 radical (unpaired) electrons. The lowest BCUT2D eigenvalue weighted by molar-refractivity contribution is -0.0209. The largest absolute Gasteiger partial charge is 0.471 e. The number of aliphatic imine (C=N–C) groups is 1. The third-order valence-corrected chi connectivity index (χ3v) is 1.44. The first-order valence-corrected chi connectivity index (χ1v) is 5.08. The second-order valence-electron chi connectivity index (χ2n) is 2.18. The molecule has 1 unspecified atom stereocenters. The Labute approximate surface area is 75.7 Å². The van der Waals surface area contributed by atoms with E-state index < -0.39 is 14.1 Å². The van der Waals surface area contributed by atoms with E-state index in [0.29, 0.717) is 0 Å². The summed E-state index contributed by atoms with van der Waals surface area (Å²) < 4.78 is 13.4. The minimum Gasteiger partial charge on any atom is -0.375 e. The van der Waals surface area contributed by atoms with E-state index in [2.05, 4.69) is 14.8 Å². The number of nitrogens with zero attached hydrogens (tertiary/aromatic N) is 1. The standard InChI is InChI=1S/C3H6N2.C2H7O5P/c1-2-5-3-4-1;1-2(3)7-8(4,5)6/h3H,1-2H2,(H,4,5);2-3H,1H3,(H2,4,5,6). The summed E-state index contributed by atoms with van der Waals surface area (Å²) in [7, 11) is -4.47. The van der Waals surface area contributed by atoms with E-state index in [1.807, 2.05) is 0 Å². The molecule has 1 atom stereocenters. The molecule has 1 heterocycles. The zero-order valence-electron chi connectivity index (χ0n) is 7.12. The van der Waals surface area contributed by atoms with Gasteiger partial charge in [0.1, 0.15) is 0 Å². The Hall–Kier alpha value is -0.460. The molecule has 0 amide bonds. The number of aliphatic hydroxyl groups is 1. The highest BCUT2D eigenvalue weighted by Crippen LogP contribution is 2.36. The lowest BCUT2D eigenvalue weighted by Gasteiger charge is -2.05. The van der Waals surface area contributed by atoms with Crippen LogP contribution >= 0.6 is 7.82 Å². The maximum atomic E-state index is 9.75. The monoisotopic (exact) mass is 212 g/mol. The molecule has 13 heavy (non-hydrogen) atoms. The van der Waals surface area contributed by atoms with Gasteiger partial charge < -0.3 is 20.2 Å². The van der Waals surface area contributed by atoms with E-state index in [1.54, 1.807) is 6.34 Å². The summed E-state index contributed by atoms with van der Waals surface area (Å²) in [6.07, 6.45) is 0.316. The fraction of sp³-hybridized carbons (Fsp3) is 0.800. The molecule has 0 saturated carbocycles. The molecular formula is C5H13N2O5P. The van der Waals surface area contributed by atoms with Crippen LogP contribution < -0.4 is 5.32 Å². The van der Waals surface area contributed by atoms with E-state index in [1.165, 1.54) is 0 Å². The van der Waals surface area contributed by atoms with Gasteiger partial charge in [0.25, 0.3) is 0 Å². The van der Waals surface area contributed by atoms with Crippen molar-refractivity contribution in [2.24, 2.45) is 4.99 Å². The Morgan fingerprint density at radius 3 is 2.38 bits per heavy atom. The summed E-state index contributed by atoms with van der Waals surface area (Å²) in [5, 5.41) is 11.1. The molecule has 0 saturated heterocycles. The highest BCUT2D eigenvalue weighted by atomic mass is 31.2. The van der Waals surface area contributed by atoms with Gasteiger partial charge in [-0.1, -0.05) is 0 Å². The first-order valence-electron chi connectivity index (χ1n) is 3.55. The van der Waals surface area contributed by atoms with E-state index in [9.17, 15) is 4.57 Å². The van der Waals surface area contributed by atoms with Crippen LogP contribution in [0.5, 0.6) is 0 Å². The predicted octanol–water partition coefficient (Wildman–Crippen LogP) is -0.948. The zero-order valence-corrected chi connectivity index (χ0v) is 8.02. The van der Waals surface area contributed by atoms with E-state index in [4.69, 9.17) is 14.9 Å². The molecule has 0 fully saturated rings. The second kappa shape index (κ2) is 6.06. The number of phosphoric ester groups is 1. The van der Waals surface area contributed by atoms with Crippen LogP contribution in [0.4, 0.5) is 0 Å². The first-order chi connectivity index (χ1) is 5.92. The molecule has 7 nitrogen and oxygen atoms in total. The molecular weight excluding hydrogens is 199 g/mol. The fourth-order valence-corrected chi connectivity index (χ4v) is 0.919. The van der Waals surface area contributed by atoms with Crippen LogP contribution in [0.25, 0.3) is 0 Å². The number of phosphoric acid groups is 1. The molecule has 0 aromatic carbocycles. The molecule has 0 bridgehead atoms. The molecule has 4 N–H and O–H groups in total. The smallest absolute Gasteiger partial charge is 0.375 e. The maximum Gasteiger partial charge on any atom is 0.471 e. The van der Waals surface area contributed by atoms with Gasteiger partial charge in [0.15, 0.2) is 6.29 Å². The molecule has 0 aromatic rings. The highest BCUT2D eigenvalue weighted by molar-refractivity contribution is 7.46. The molecule has 1 aliphatic rings. The third kappa shape index (κ3) is 11.5. The Balaban J connectivity index is 0.000000243. The van der Waals surface area contributed by atoms with E-state index >= 15 is 0 Å². The summed E-state index contributed by atoms with van der Waals surface area (Å²) >= 11 is 0. The van der Waals surface area contributed by atoms with Crippen molar-refractivity contribution in [1.29, 1.82) is 0 Å². The molecule has 78 valence electrons. The Bertz CT molecular complexity index is 195. The van der Waals surface area contributed by atoms with Gasteiger partial charge in [0.05, 0.1) is 12.9 Å². The van der Waals surface area contributed by atoms with Crippen molar-refractivity contribution in [2.75, 3.05) is 13.1 Å². The minimum atomic E-state index is -4.47.